The summed E-state index contributed by atoms with van der Waals surface area (Å²) in [6.07, 6.45) is 1.86. The smallest absolute Gasteiger partial charge is 0.325 e. The zero-order valence-electron chi connectivity index (χ0n) is 14.8. The maximum atomic E-state index is 11.8. The number of esters is 1. The molecule has 3 N–H and O–H groups in total. The van der Waals surface area contributed by atoms with Crippen LogP contribution in [0.2, 0.25) is 0 Å². The van der Waals surface area contributed by atoms with Crippen LogP contribution in [0.15, 0.2) is 41.9 Å². The van der Waals surface area contributed by atoms with E-state index in [1.807, 2.05) is 42.0 Å². The van der Waals surface area contributed by atoms with Crippen LogP contribution in [0, 0.1) is 18.3 Å². The van der Waals surface area contributed by atoms with E-state index in [1.165, 1.54) is 7.11 Å². The first kappa shape index (κ1) is 16.7. The minimum Gasteiger partial charge on any atom is -0.468 e. The summed E-state index contributed by atoms with van der Waals surface area (Å²) in [5.74, 6) is -0.406. The molecule has 0 saturated carbocycles. The van der Waals surface area contributed by atoms with Crippen LogP contribution in [0.1, 0.15) is 22.7 Å². The van der Waals surface area contributed by atoms with Crippen molar-refractivity contribution in [3.63, 3.8) is 0 Å². The second-order valence-corrected chi connectivity index (χ2v) is 6.30. The fourth-order valence-electron chi connectivity index (χ4n) is 3.55. The zero-order valence-corrected chi connectivity index (χ0v) is 14.8. The standard InChI is InChI=1S/C19H17N5O3/c1-10-16-17(12(7-20)18(21)27-19(16)23-22-10)13-8-24(9-15(25)26-2)14-6-4-3-5-11(13)14/h3-6,8,17H,9,21H2,1-2H3,(H,22,23)/t17-/m0/s1. The van der Waals surface area contributed by atoms with E-state index >= 15 is 0 Å². The number of nitriles is 1. The molecule has 0 radical (unpaired) electrons. The van der Waals surface area contributed by atoms with Crippen molar-refractivity contribution in [2.45, 2.75) is 19.4 Å². The van der Waals surface area contributed by atoms with Crippen LogP contribution in [0.4, 0.5) is 0 Å². The van der Waals surface area contributed by atoms with E-state index in [-0.39, 0.29) is 18.4 Å². The summed E-state index contributed by atoms with van der Waals surface area (Å²) in [7, 11) is 1.35. The lowest BCUT2D eigenvalue weighted by molar-refractivity contribution is -0.141. The first-order chi connectivity index (χ1) is 13.0. The van der Waals surface area contributed by atoms with Crippen molar-refractivity contribution in [1.82, 2.24) is 14.8 Å². The van der Waals surface area contributed by atoms with Gasteiger partial charge >= 0.3 is 5.97 Å². The Kier molecular flexibility index (Phi) is 3.85. The fourth-order valence-corrected chi connectivity index (χ4v) is 3.55. The highest BCUT2D eigenvalue weighted by Crippen LogP contribution is 2.45. The lowest BCUT2D eigenvalue weighted by Crippen LogP contribution is -2.21. The largest absolute Gasteiger partial charge is 0.468 e. The third kappa shape index (κ3) is 2.52. The number of ether oxygens (including phenoxy) is 2. The highest BCUT2D eigenvalue weighted by atomic mass is 16.5. The highest BCUT2D eigenvalue weighted by Gasteiger charge is 2.36. The maximum absolute atomic E-state index is 11.8. The lowest BCUT2D eigenvalue weighted by atomic mass is 9.84. The molecule has 8 heteroatoms. The molecule has 27 heavy (non-hydrogen) atoms. The normalized spacial score (nSPS) is 16.0. The van der Waals surface area contributed by atoms with Gasteiger partial charge in [0.05, 0.1) is 13.0 Å². The van der Waals surface area contributed by atoms with Crippen molar-refractivity contribution in [1.29, 1.82) is 5.26 Å². The van der Waals surface area contributed by atoms with Gasteiger partial charge in [0.15, 0.2) is 0 Å². The Hall–Kier alpha value is -3.73. The first-order valence-corrected chi connectivity index (χ1v) is 8.32. The van der Waals surface area contributed by atoms with Crippen LogP contribution in [0.5, 0.6) is 5.88 Å². The molecule has 0 aliphatic carbocycles. The van der Waals surface area contributed by atoms with Gasteiger partial charge in [-0.05, 0) is 18.6 Å². The number of H-pyrrole nitrogens is 1. The predicted octanol–water partition coefficient (Wildman–Crippen LogP) is 2.06. The molecule has 1 aliphatic heterocycles. The van der Waals surface area contributed by atoms with E-state index in [0.29, 0.717) is 11.5 Å². The summed E-state index contributed by atoms with van der Waals surface area (Å²) < 4.78 is 12.1. The third-order valence-electron chi connectivity index (χ3n) is 4.79. The number of nitrogens with two attached hydrogens (primary N) is 1. The number of methoxy groups -OCH3 is 1. The van der Waals surface area contributed by atoms with Crippen LogP contribution in [-0.4, -0.2) is 27.8 Å². The Balaban J connectivity index is 1.98. The number of nitrogens with zero attached hydrogens (tertiary/aromatic N) is 3. The van der Waals surface area contributed by atoms with Gasteiger partial charge in [-0.2, -0.15) is 5.26 Å². The van der Waals surface area contributed by atoms with E-state index in [0.717, 1.165) is 27.7 Å². The number of nitrogens with one attached hydrogen (secondary N) is 1. The van der Waals surface area contributed by atoms with Crippen LogP contribution in [0.3, 0.4) is 0 Å². The summed E-state index contributed by atoms with van der Waals surface area (Å²) in [6.45, 7) is 1.94. The van der Waals surface area contributed by atoms with Crippen molar-refractivity contribution in [3.05, 3.63) is 58.7 Å². The third-order valence-corrected chi connectivity index (χ3v) is 4.79. The second-order valence-electron chi connectivity index (χ2n) is 6.30. The first-order valence-electron chi connectivity index (χ1n) is 8.32. The van der Waals surface area contributed by atoms with Gasteiger partial charge in [-0.25, -0.2) is 0 Å². The maximum Gasteiger partial charge on any atom is 0.325 e. The lowest BCUT2D eigenvalue weighted by Gasteiger charge is -2.23. The second kappa shape index (κ2) is 6.21. The van der Waals surface area contributed by atoms with Gasteiger partial charge in [0.1, 0.15) is 18.2 Å². The van der Waals surface area contributed by atoms with Crippen LogP contribution >= 0.6 is 0 Å². The number of fused-ring (bicyclic) bond motifs is 2. The predicted molar refractivity (Wildman–Crippen MR) is 96.6 cm³/mol. The van der Waals surface area contributed by atoms with E-state index < -0.39 is 5.92 Å². The summed E-state index contributed by atoms with van der Waals surface area (Å²) in [5, 5.41) is 17.7. The Labute approximate surface area is 154 Å². The van der Waals surface area contributed by atoms with Crippen molar-refractivity contribution in [2.75, 3.05) is 7.11 Å². The summed E-state index contributed by atoms with van der Waals surface area (Å²) in [4.78, 5) is 11.8. The van der Waals surface area contributed by atoms with Crippen molar-refractivity contribution >= 4 is 16.9 Å². The molecule has 1 aromatic carbocycles. The molecule has 0 unspecified atom stereocenters. The molecule has 1 atom stereocenters. The molecular weight excluding hydrogens is 346 g/mol. The average Bonchev–Trinajstić information content (AvgIpc) is 3.21. The highest BCUT2D eigenvalue weighted by molar-refractivity contribution is 5.87. The van der Waals surface area contributed by atoms with E-state index in [2.05, 4.69) is 16.3 Å². The SMILES string of the molecule is COC(=O)Cn1cc([C@@H]2C(C#N)=C(N)Oc3n[nH]c(C)c32)c2ccccc21. The van der Waals surface area contributed by atoms with Gasteiger partial charge in [-0.1, -0.05) is 18.2 Å². The Bertz CT molecular complexity index is 1130. The molecule has 0 bridgehead atoms. The number of para-hydroxylation sites is 1. The fraction of sp³-hybridized carbons (Fsp3) is 0.211. The van der Waals surface area contributed by atoms with Gasteiger partial charge in [-0.3, -0.25) is 9.89 Å². The molecule has 1 aliphatic rings. The molecule has 0 saturated heterocycles. The Morgan fingerprint density at radius 2 is 2.26 bits per heavy atom. The van der Waals surface area contributed by atoms with Gasteiger partial charge < -0.3 is 19.8 Å². The summed E-state index contributed by atoms with van der Waals surface area (Å²) >= 11 is 0. The Morgan fingerprint density at radius 3 is 3.00 bits per heavy atom. The van der Waals surface area contributed by atoms with E-state index in [1.54, 1.807) is 0 Å². The van der Waals surface area contributed by atoms with Crippen LogP contribution < -0.4 is 10.5 Å². The van der Waals surface area contributed by atoms with Crippen LogP contribution in [0.25, 0.3) is 10.9 Å². The summed E-state index contributed by atoms with van der Waals surface area (Å²) in [6, 6.07) is 9.85. The molecule has 8 nitrogen and oxygen atoms in total. The number of benzene rings is 1. The molecule has 136 valence electrons. The van der Waals surface area contributed by atoms with Gasteiger partial charge in [0.2, 0.25) is 11.8 Å². The number of aryl methyl sites for hydroxylation is 1. The zero-order chi connectivity index (χ0) is 19.1. The number of hydrogen-bond donors (Lipinski definition) is 2. The minimum atomic E-state index is -0.443. The quantitative estimate of drug-likeness (QED) is 0.688. The Morgan fingerprint density at radius 1 is 1.48 bits per heavy atom. The number of carbonyl (C=O) groups is 1. The molecule has 0 fully saturated rings. The molecule has 3 aromatic rings. The number of aromatic nitrogens is 3. The monoisotopic (exact) mass is 363 g/mol. The number of carbonyl (C=O) groups excluding carboxylic acids is 1. The van der Waals surface area contributed by atoms with Gasteiger partial charge in [0.25, 0.3) is 0 Å². The van der Waals surface area contributed by atoms with Crippen molar-refractivity contribution in [3.8, 4) is 11.9 Å². The summed E-state index contributed by atoms with van der Waals surface area (Å²) in [5.41, 5.74) is 9.58. The van der Waals surface area contributed by atoms with Crippen molar-refractivity contribution < 1.29 is 14.3 Å². The van der Waals surface area contributed by atoms with Crippen molar-refractivity contribution in [2.24, 2.45) is 5.73 Å². The van der Waals surface area contributed by atoms with E-state index in [4.69, 9.17) is 15.2 Å². The molecule has 0 amide bonds. The number of allylic oxidation sites excluding steroid dienone is 1. The molecule has 4 rings (SSSR count). The number of aromatic amines is 1. The minimum absolute atomic E-state index is 0.0336. The number of rotatable bonds is 3. The molecule has 3 heterocycles. The number of hydrogen-bond acceptors (Lipinski definition) is 6. The van der Waals surface area contributed by atoms with Crippen LogP contribution in [-0.2, 0) is 16.1 Å². The van der Waals surface area contributed by atoms with Gasteiger partial charge in [-0.15, -0.1) is 5.10 Å². The molecule has 2 aromatic heterocycles. The molecule has 0 spiro atoms. The topological polar surface area (TPSA) is 119 Å². The average molecular weight is 363 g/mol. The van der Waals surface area contributed by atoms with E-state index in [9.17, 15) is 10.1 Å². The molecular formula is C19H17N5O3. The van der Waals surface area contributed by atoms with Gasteiger partial charge in [0, 0.05) is 28.4 Å².